The van der Waals surface area contributed by atoms with Crippen molar-refractivity contribution >= 4 is 15.9 Å². The van der Waals surface area contributed by atoms with E-state index < -0.39 is 27.9 Å². The zero-order chi connectivity index (χ0) is 15.6. The standard InChI is InChI=1S/C13H17FN2O4S/c1-10(17)13(18)15-6-8-16(9-7-15)21(19,20)12-5-3-2-4-11(12)14/h2-5,10,17H,6-9H2,1H3. The van der Waals surface area contributed by atoms with E-state index in [-0.39, 0.29) is 31.1 Å². The molecule has 1 aromatic rings. The second kappa shape index (κ2) is 6.08. The second-order valence-electron chi connectivity index (χ2n) is 4.84. The predicted molar refractivity (Wildman–Crippen MR) is 73.4 cm³/mol. The van der Waals surface area contributed by atoms with Gasteiger partial charge in [0.1, 0.15) is 16.8 Å². The maximum atomic E-state index is 13.6. The maximum Gasteiger partial charge on any atom is 0.251 e. The lowest BCUT2D eigenvalue weighted by atomic mass is 10.3. The summed E-state index contributed by atoms with van der Waals surface area (Å²) in [6.45, 7) is 1.88. The van der Waals surface area contributed by atoms with E-state index in [1.54, 1.807) is 0 Å². The molecule has 1 atom stereocenters. The molecular weight excluding hydrogens is 299 g/mol. The number of halogens is 1. The summed E-state index contributed by atoms with van der Waals surface area (Å²) < 4.78 is 39.5. The lowest BCUT2D eigenvalue weighted by Crippen LogP contribution is -2.52. The molecule has 1 heterocycles. The minimum atomic E-state index is -3.90. The van der Waals surface area contributed by atoms with Crippen LogP contribution in [0.25, 0.3) is 0 Å². The smallest absolute Gasteiger partial charge is 0.251 e. The first kappa shape index (κ1) is 15.9. The molecule has 0 spiro atoms. The van der Waals surface area contributed by atoms with Gasteiger partial charge in [0.05, 0.1) is 0 Å². The van der Waals surface area contributed by atoms with Crippen LogP contribution in [-0.2, 0) is 14.8 Å². The van der Waals surface area contributed by atoms with Gasteiger partial charge in [-0.15, -0.1) is 0 Å². The number of rotatable bonds is 3. The molecule has 1 unspecified atom stereocenters. The van der Waals surface area contributed by atoms with Gasteiger partial charge in [0.25, 0.3) is 5.91 Å². The molecule has 1 amide bonds. The number of benzene rings is 1. The summed E-state index contributed by atoms with van der Waals surface area (Å²) in [7, 11) is -3.90. The summed E-state index contributed by atoms with van der Waals surface area (Å²) in [5, 5.41) is 9.24. The van der Waals surface area contributed by atoms with Crippen molar-refractivity contribution in [2.24, 2.45) is 0 Å². The number of aliphatic hydroxyl groups excluding tert-OH is 1. The van der Waals surface area contributed by atoms with Crippen molar-refractivity contribution in [3.05, 3.63) is 30.1 Å². The van der Waals surface area contributed by atoms with Gasteiger partial charge in [-0.25, -0.2) is 12.8 Å². The first-order chi connectivity index (χ1) is 9.84. The van der Waals surface area contributed by atoms with Crippen LogP contribution < -0.4 is 0 Å². The Morgan fingerprint density at radius 1 is 1.24 bits per heavy atom. The Bertz CT molecular complexity index is 625. The molecule has 2 rings (SSSR count). The summed E-state index contributed by atoms with van der Waals surface area (Å²) in [4.78, 5) is 12.7. The van der Waals surface area contributed by atoms with E-state index in [0.717, 1.165) is 10.4 Å². The van der Waals surface area contributed by atoms with Gasteiger partial charge in [-0.1, -0.05) is 12.1 Å². The summed E-state index contributed by atoms with van der Waals surface area (Å²) in [5.74, 6) is -1.22. The van der Waals surface area contributed by atoms with Crippen LogP contribution in [0.5, 0.6) is 0 Å². The van der Waals surface area contributed by atoms with Gasteiger partial charge >= 0.3 is 0 Å². The minimum Gasteiger partial charge on any atom is -0.384 e. The largest absolute Gasteiger partial charge is 0.384 e. The molecule has 1 aliphatic heterocycles. The molecule has 21 heavy (non-hydrogen) atoms. The number of carbonyl (C=O) groups excluding carboxylic acids is 1. The van der Waals surface area contributed by atoms with Gasteiger partial charge in [-0.05, 0) is 19.1 Å². The lowest BCUT2D eigenvalue weighted by molar-refractivity contribution is -0.140. The van der Waals surface area contributed by atoms with Crippen LogP contribution in [-0.4, -0.2) is 60.9 Å². The minimum absolute atomic E-state index is 0.0785. The van der Waals surface area contributed by atoms with E-state index in [9.17, 15) is 22.7 Å². The highest BCUT2D eigenvalue weighted by Crippen LogP contribution is 2.20. The van der Waals surface area contributed by atoms with Gasteiger partial charge in [0.2, 0.25) is 10.0 Å². The molecule has 0 saturated carbocycles. The Kier molecular flexibility index (Phi) is 4.60. The molecule has 116 valence electrons. The van der Waals surface area contributed by atoms with E-state index in [2.05, 4.69) is 0 Å². The molecule has 8 heteroatoms. The molecule has 1 aromatic carbocycles. The van der Waals surface area contributed by atoms with Crippen LogP contribution in [0.2, 0.25) is 0 Å². The quantitative estimate of drug-likeness (QED) is 0.854. The summed E-state index contributed by atoms with van der Waals surface area (Å²) in [6.07, 6.45) is -1.11. The van der Waals surface area contributed by atoms with Crippen LogP contribution in [0.15, 0.2) is 29.2 Å². The highest BCUT2D eigenvalue weighted by molar-refractivity contribution is 7.89. The number of sulfonamides is 1. The van der Waals surface area contributed by atoms with Gasteiger partial charge in [0, 0.05) is 26.2 Å². The molecule has 0 radical (unpaired) electrons. The second-order valence-corrected chi connectivity index (χ2v) is 6.74. The van der Waals surface area contributed by atoms with Gasteiger partial charge in [-0.2, -0.15) is 4.31 Å². The molecule has 0 bridgehead atoms. The van der Waals surface area contributed by atoms with E-state index in [1.165, 1.54) is 30.0 Å². The van der Waals surface area contributed by atoms with Crippen LogP contribution in [0.3, 0.4) is 0 Å². The van der Waals surface area contributed by atoms with Crippen LogP contribution in [0.1, 0.15) is 6.92 Å². The van der Waals surface area contributed by atoms with Gasteiger partial charge in [0.15, 0.2) is 0 Å². The number of piperazine rings is 1. The van der Waals surface area contributed by atoms with Crippen molar-refractivity contribution in [2.45, 2.75) is 17.9 Å². The number of hydrogen-bond acceptors (Lipinski definition) is 4. The third kappa shape index (κ3) is 3.22. The fourth-order valence-corrected chi connectivity index (χ4v) is 3.69. The highest BCUT2D eigenvalue weighted by atomic mass is 32.2. The van der Waals surface area contributed by atoms with Crippen LogP contribution >= 0.6 is 0 Å². The third-order valence-corrected chi connectivity index (χ3v) is 5.29. The number of aliphatic hydroxyl groups is 1. The van der Waals surface area contributed by atoms with E-state index in [1.807, 2.05) is 0 Å². The van der Waals surface area contributed by atoms with Gasteiger partial charge in [-0.3, -0.25) is 4.79 Å². The van der Waals surface area contributed by atoms with Gasteiger partial charge < -0.3 is 10.0 Å². The zero-order valence-electron chi connectivity index (χ0n) is 11.6. The zero-order valence-corrected chi connectivity index (χ0v) is 12.4. The highest BCUT2D eigenvalue weighted by Gasteiger charge is 2.32. The Balaban J connectivity index is 2.12. The number of amides is 1. The lowest BCUT2D eigenvalue weighted by Gasteiger charge is -2.34. The summed E-state index contributed by atoms with van der Waals surface area (Å²) in [6, 6.07) is 5.20. The molecule has 1 fully saturated rings. The Labute approximate surface area is 122 Å². The van der Waals surface area contributed by atoms with Crippen molar-refractivity contribution in [1.29, 1.82) is 0 Å². The van der Waals surface area contributed by atoms with E-state index >= 15 is 0 Å². The molecule has 0 aliphatic carbocycles. The van der Waals surface area contributed by atoms with Crippen molar-refractivity contribution in [1.82, 2.24) is 9.21 Å². The number of carbonyl (C=O) groups is 1. The first-order valence-corrected chi connectivity index (χ1v) is 7.99. The normalized spacial score (nSPS) is 18.5. The van der Waals surface area contributed by atoms with Crippen LogP contribution in [0.4, 0.5) is 4.39 Å². The fraction of sp³-hybridized carbons (Fsp3) is 0.462. The monoisotopic (exact) mass is 316 g/mol. The first-order valence-electron chi connectivity index (χ1n) is 6.55. The Morgan fingerprint density at radius 2 is 1.81 bits per heavy atom. The molecule has 1 saturated heterocycles. The fourth-order valence-electron chi connectivity index (χ4n) is 2.21. The van der Waals surface area contributed by atoms with Crippen molar-refractivity contribution in [2.75, 3.05) is 26.2 Å². The average molecular weight is 316 g/mol. The van der Waals surface area contributed by atoms with Crippen molar-refractivity contribution < 1.29 is 22.7 Å². The summed E-state index contributed by atoms with van der Waals surface area (Å²) in [5.41, 5.74) is 0. The predicted octanol–water partition coefficient (Wildman–Crippen LogP) is 0.0394. The third-order valence-electron chi connectivity index (χ3n) is 3.36. The molecule has 0 aromatic heterocycles. The Hall–Kier alpha value is -1.51. The van der Waals surface area contributed by atoms with Crippen molar-refractivity contribution in [3.8, 4) is 0 Å². The summed E-state index contributed by atoms with van der Waals surface area (Å²) >= 11 is 0. The molecule has 1 N–H and O–H groups in total. The SMILES string of the molecule is CC(O)C(=O)N1CCN(S(=O)(=O)c2ccccc2F)CC1. The van der Waals surface area contributed by atoms with Crippen molar-refractivity contribution in [3.63, 3.8) is 0 Å². The van der Waals surface area contributed by atoms with E-state index in [4.69, 9.17) is 0 Å². The van der Waals surface area contributed by atoms with Crippen LogP contribution in [0, 0.1) is 5.82 Å². The topological polar surface area (TPSA) is 77.9 Å². The number of nitrogens with zero attached hydrogens (tertiary/aromatic N) is 2. The number of hydrogen-bond donors (Lipinski definition) is 1. The molecular formula is C13H17FN2O4S. The maximum absolute atomic E-state index is 13.6. The molecule has 1 aliphatic rings. The molecule has 6 nitrogen and oxygen atoms in total. The van der Waals surface area contributed by atoms with E-state index in [0.29, 0.717) is 0 Å². The average Bonchev–Trinajstić information content (AvgIpc) is 2.46. The Morgan fingerprint density at radius 3 is 2.33 bits per heavy atom.